The zero-order chi connectivity index (χ0) is 20.2. The van der Waals surface area contributed by atoms with Crippen LogP contribution in [0.25, 0.3) is 0 Å². The maximum absolute atomic E-state index is 12.5. The molecule has 6 nitrogen and oxygen atoms in total. The van der Waals surface area contributed by atoms with Crippen molar-refractivity contribution in [1.29, 1.82) is 0 Å². The Labute approximate surface area is 176 Å². The number of ether oxygens (including phenoxy) is 2. The summed E-state index contributed by atoms with van der Waals surface area (Å²) in [6.07, 6.45) is 13.1. The number of nitrogens with one attached hydrogen (secondary N) is 1. The Hall–Kier alpha value is -0.690. The molecule has 2 aliphatic carbocycles. The van der Waals surface area contributed by atoms with E-state index < -0.39 is 0 Å². The number of rotatable bonds is 6. The van der Waals surface area contributed by atoms with Gasteiger partial charge < -0.3 is 9.47 Å². The topological polar surface area (TPSA) is 54.0 Å². The minimum absolute atomic E-state index is 0.0441. The molecule has 3 atom stereocenters. The van der Waals surface area contributed by atoms with Crippen LogP contribution in [0.5, 0.6) is 0 Å². The summed E-state index contributed by atoms with van der Waals surface area (Å²) < 4.78 is 10.7. The lowest BCUT2D eigenvalue weighted by Crippen LogP contribution is -2.59. The molecule has 0 bridgehead atoms. The first-order chi connectivity index (χ1) is 14.2. The zero-order valence-electron chi connectivity index (χ0n) is 18.5. The van der Waals surface area contributed by atoms with Crippen LogP contribution in [0.4, 0.5) is 0 Å². The fourth-order valence-electron chi connectivity index (χ4n) is 6.35. The highest BCUT2D eigenvalue weighted by molar-refractivity contribution is 5.76. The molecule has 0 aromatic heterocycles. The zero-order valence-corrected chi connectivity index (χ0v) is 18.5. The lowest BCUT2D eigenvalue weighted by atomic mass is 9.85. The Morgan fingerprint density at radius 2 is 1.62 bits per heavy atom. The van der Waals surface area contributed by atoms with Gasteiger partial charge in [-0.15, -0.1) is 0 Å². The van der Waals surface area contributed by atoms with Gasteiger partial charge in [0.25, 0.3) is 0 Å². The van der Waals surface area contributed by atoms with Crippen molar-refractivity contribution < 1.29 is 14.3 Å². The molecule has 2 aliphatic heterocycles. The van der Waals surface area contributed by atoms with E-state index in [0.29, 0.717) is 18.2 Å². The highest BCUT2D eigenvalue weighted by Gasteiger charge is 2.45. The van der Waals surface area contributed by atoms with E-state index in [1.165, 1.54) is 71.4 Å². The van der Waals surface area contributed by atoms with E-state index in [0.717, 1.165) is 38.0 Å². The van der Waals surface area contributed by atoms with E-state index >= 15 is 0 Å². The average Bonchev–Trinajstić information content (AvgIpc) is 3.15. The third-order valence-electron chi connectivity index (χ3n) is 8.14. The number of esters is 1. The summed E-state index contributed by atoms with van der Waals surface area (Å²) in [4.78, 5) is 17.7. The minimum Gasteiger partial charge on any atom is -0.468 e. The molecular formula is C23H41N3O3. The van der Waals surface area contributed by atoms with Crippen molar-refractivity contribution in [3.8, 4) is 0 Å². The number of hydrogen-bond acceptors (Lipinski definition) is 6. The Kier molecular flexibility index (Phi) is 7.49. The third-order valence-corrected chi connectivity index (χ3v) is 8.14. The summed E-state index contributed by atoms with van der Waals surface area (Å²) in [7, 11) is 3.39. The molecular weight excluding hydrogens is 366 g/mol. The molecule has 0 amide bonds. The molecule has 1 N–H and O–H groups in total. The maximum Gasteiger partial charge on any atom is 0.323 e. The Bertz CT molecular complexity index is 531. The van der Waals surface area contributed by atoms with Crippen LogP contribution in [0.2, 0.25) is 0 Å². The monoisotopic (exact) mass is 407 g/mol. The predicted octanol–water partition coefficient (Wildman–Crippen LogP) is 2.62. The molecule has 2 saturated carbocycles. The van der Waals surface area contributed by atoms with Crippen LogP contribution in [0.1, 0.15) is 64.2 Å². The lowest BCUT2D eigenvalue weighted by molar-refractivity contribution is -0.149. The van der Waals surface area contributed by atoms with Gasteiger partial charge in [-0.3, -0.25) is 19.9 Å². The normalized spacial score (nSPS) is 37.4. The van der Waals surface area contributed by atoms with E-state index in [2.05, 4.69) is 15.1 Å². The van der Waals surface area contributed by atoms with Gasteiger partial charge in [-0.05, 0) is 56.8 Å². The van der Waals surface area contributed by atoms with Crippen molar-refractivity contribution in [3.63, 3.8) is 0 Å². The number of hydrogen-bond donors (Lipinski definition) is 1. The fourth-order valence-corrected chi connectivity index (χ4v) is 6.35. The number of piperidine rings is 1. The summed E-state index contributed by atoms with van der Waals surface area (Å²) in [5, 5.41) is 3.72. The number of carbonyl (C=O) groups excluding carboxylic acids is 1. The SMILES string of the molecule is COC(=O)[C@@H]1CC2NCN(CC3CCC(OC)CC3)C2CN1CC1CCCCC1. The van der Waals surface area contributed by atoms with Gasteiger partial charge in [-0.1, -0.05) is 19.3 Å². The van der Waals surface area contributed by atoms with Gasteiger partial charge in [0.2, 0.25) is 0 Å². The molecule has 0 aromatic carbocycles. The van der Waals surface area contributed by atoms with Crippen molar-refractivity contribution in [2.75, 3.05) is 40.5 Å². The second kappa shape index (κ2) is 10.1. The molecule has 4 aliphatic rings. The van der Waals surface area contributed by atoms with Gasteiger partial charge in [-0.2, -0.15) is 0 Å². The highest BCUT2D eigenvalue weighted by Crippen LogP contribution is 2.33. The van der Waals surface area contributed by atoms with Crippen LogP contribution >= 0.6 is 0 Å². The summed E-state index contributed by atoms with van der Waals surface area (Å²) in [5.41, 5.74) is 0. The third kappa shape index (κ3) is 5.15. The van der Waals surface area contributed by atoms with Crippen molar-refractivity contribution in [1.82, 2.24) is 15.1 Å². The number of fused-ring (bicyclic) bond motifs is 1. The maximum atomic E-state index is 12.5. The van der Waals surface area contributed by atoms with Crippen LogP contribution in [-0.4, -0.2) is 80.5 Å². The largest absolute Gasteiger partial charge is 0.468 e. The summed E-state index contributed by atoms with van der Waals surface area (Å²) in [6.45, 7) is 4.21. The first-order valence-corrected chi connectivity index (χ1v) is 12.0. The standard InChI is InChI=1S/C23H41N3O3/c1-28-19-10-8-18(9-11-19)14-26-16-24-20-12-21(23(27)29-2)25(15-22(20)26)13-17-6-4-3-5-7-17/h17-22,24H,3-16H2,1-2H3/t18?,19?,20?,21-,22?/m0/s1. The average molecular weight is 408 g/mol. The molecule has 6 heteroatoms. The van der Waals surface area contributed by atoms with Crippen molar-refractivity contribution in [2.24, 2.45) is 11.8 Å². The summed E-state index contributed by atoms with van der Waals surface area (Å²) in [6, 6.07) is 0.865. The van der Waals surface area contributed by atoms with Gasteiger partial charge in [0.05, 0.1) is 13.2 Å². The van der Waals surface area contributed by atoms with Gasteiger partial charge >= 0.3 is 5.97 Å². The number of likely N-dealkylation sites (tertiary alicyclic amines) is 1. The highest BCUT2D eigenvalue weighted by atomic mass is 16.5. The van der Waals surface area contributed by atoms with Crippen LogP contribution in [0, 0.1) is 11.8 Å². The lowest BCUT2D eigenvalue weighted by Gasteiger charge is -2.44. The van der Waals surface area contributed by atoms with Crippen LogP contribution in [-0.2, 0) is 14.3 Å². The Balaban J connectivity index is 1.37. The molecule has 0 aromatic rings. The predicted molar refractivity (Wildman–Crippen MR) is 114 cm³/mol. The second-order valence-electron chi connectivity index (χ2n) is 9.92. The fraction of sp³-hybridized carbons (Fsp3) is 0.957. The minimum atomic E-state index is -0.0761. The molecule has 0 spiro atoms. The van der Waals surface area contributed by atoms with E-state index in [9.17, 15) is 4.79 Å². The number of carbonyl (C=O) groups is 1. The van der Waals surface area contributed by atoms with Gasteiger partial charge in [0.15, 0.2) is 0 Å². The Morgan fingerprint density at radius 3 is 2.31 bits per heavy atom. The number of methoxy groups -OCH3 is 2. The van der Waals surface area contributed by atoms with Crippen molar-refractivity contribution >= 4 is 5.97 Å². The molecule has 166 valence electrons. The van der Waals surface area contributed by atoms with E-state index in [4.69, 9.17) is 9.47 Å². The van der Waals surface area contributed by atoms with Crippen LogP contribution in [0.3, 0.4) is 0 Å². The quantitative estimate of drug-likeness (QED) is 0.683. The van der Waals surface area contributed by atoms with Gasteiger partial charge in [0.1, 0.15) is 6.04 Å². The molecule has 2 saturated heterocycles. The molecule has 2 unspecified atom stereocenters. The van der Waals surface area contributed by atoms with Gasteiger partial charge in [0, 0.05) is 45.5 Å². The first kappa shape index (κ1) is 21.5. The molecule has 29 heavy (non-hydrogen) atoms. The first-order valence-electron chi connectivity index (χ1n) is 12.0. The molecule has 4 fully saturated rings. The summed E-state index contributed by atoms with van der Waals surface area (Å²) >= 11 is 0. The van der Waals surface area contributed by atoms with Crippen LogP contribution < -0.4 is 5.32 Å². The summed E-state index contributed by atoms with van der Waals surface area (Å²) in [5.74, 6) is 1.49. The molecule has 4 rings (SSSR count). The number of nitrogens with zero attached hydrogens (tertiary/aromatic N) is 2. The molecule has 2 heterocycles. The second-order valence-corrected chi connectivity index (χ2v) is 9.92. The van der Waals surface area contributed by atoms with E-state index in [1.807, 2.05) is 7.11 Å². The smallest absolute Gasteiger partial charge is 0.323 e. The van der Waals surface area contributed by atoms with Crippen LogP contribution in [0.15, 0.2) is 0 Å². The Morgan fingerprint density at radius 1 is 0.931 bits per heavy atom. The van der Waals surface area contributed by atoms with E-state index in [1.54, 1.807) is 0 Å². The molecule has 0 radical (unpaired) electrons. The van der Waals surface area contributed by atoms with Crippen molar-refractivity contribution in [2.45, 2.75) is 88.4 Å². The van der Waals surface area contributed by atoms with Crippen molar-refractivity contribution in [3.05, 3.63) is 0 Å². The van der Waals surface area contributed by atoms with Gasteiger partial charge in [-0.25, -0.2) is 0 Å². The van der Waals surface area contributed by atoms with E-state index in [-0.39, 0.29) is 12.0 Å².